The average molecular weight is 736 g/mol. The fraction of sp³-hybridized carbons (Fsp3) is 0. The molecule has 0 unspecified atom stereocenters. The molecular weight excluding hydrogens is 707 g/mol. The molecule has 6 nitrogen and oxygen atoms in total. The van der Waals surface area contributed by atoms with Gasteiger partial charge in [-0.25, -0.2) is 24.9 Å². The van der Waals surface area contributed by atoms with Crippen molar-refractivity contribution in [3.05, 3.63) is 176 Å². The molecule has 7 heteroatoms. The van der Waals surface area contributed by atoms with Crippen molar-refractivity contribution in [1.82, 2.24) is 24.9 Å². The molecule has 0 spiro atoms. The van der Waals surface area contributed by atoms with E-state index in [1.165, 1.54) is 4.70 Å². The van der Waals surface area contributed by atoms with Gasteiger partial charge < -0.3 is 4.42 Å². The Kier molecular flexibility index (Phi) is 7.57. The molecule has 0 amide bonds. The van der Waals surface area contributed by atoms with E-state index in [9.17, 15) is 0 Å². The minimum absolute atomic E-state index is 0.605. The van der Waals surface area contributed by atoms with Crippen molar-refractivity contribution in [2.45, 2.75) is 0 Å². The van der Waals surface area contributed by atoms with Crippen LogP contribution in [-0.4, -0.2) is 24.9 Å². The summed E-state index contributed by atoms with van der Waals surface area (Å²) in [4.78, 5) is 25.1. The van der Waals surface area contributed by atoms with E-state index >= 15 is 0 Å². The predicted octanol–water partition coefficient (Wildman–Crippen LogP) is 12.9. The van der Waals surface area contributed by atoms with Gasteiger partial charge in [-0.3, -0.25) is 0 Å². The molecule has 7 aromatic carbocycles. The van der Waals surface area contributed by atoms with Crippen LogP contribution in [0.2, 0.25) is 0 Å². The van der Waals surface area contributed by atoms with Crippen molar-refractivity contribution >= 4 is 53.6 Å². The summed E-state index contributed by atoms with van der Waals surface area (Å²) >= 11 is 1.74. The van der Waals surface area contributed by atoms with Gasteiger partial charge in [0.05, 0.1) is 15.9 Å². The van der Waals surface area contributed by atoms with Crippen molar-refractivity contribution < 1.29 is 4.42 Å². The molecule has 0 fully saturated rings. The second-order valence-corrected chi connectivity index (χ2v) is 14.7. The Morgan fingerprint density at radius 3 is 1.62 bits per heavy atom. The third kappa shape index (κ3) is 5.61. The van der Waals surface area contributed by atoms with Gasteiger partial charge in [-0.1, -0.05) is 133 Å². The van der Waals surface area contributed by atoms with Crippen LogP contribution in [0.4, 0.5) is 0 Å². The summed E-state index contributed by atoms with van der Waals surface area (Å²) in [6, 6.07) is 59.9. The number of hydrogen-bond donors (Lipinski definition) is 0. The first-order valence-electron chi connectivity index (χ1n) is 18.4. The fourth-order valence-electron chi connectivity index (χ4n) is 7.38. The summed E-state index contributed by atoms with van der Waals surface area (Å²) in [5.41, 5.74) is 10.4. The van der Waals surface area contributed by atoms with E-state index in [-0.39, 0.29) is 0 Å². The van der Waals surface area contributed by atoms with E-state index in [1.54, 1.807) is 11.3 Å². The minimum Gasteiger partial charge on any atom is -0.456 e. The third-order valence-corrected chi connectivity index (χ3v) is 11.3. The highest BCUT2D eigenvalue weighted by Gasteiger charge is 2.18. The first-order valence-corrected chi connectivity index (χ1v) is 19.2. The lowest BCUT2D eigenvalue weighted by molar-refractivity contribution is 0.669. The average Bonchev–Trinajstić information content (AvgIpc) is 3.84. The lowest BCUT2D eigenvalue weighted by atomic mass is 10.0. The number of rotatable bonds is 6. The minimum atomic E-state index is 0.605. The highest BCUT2D eigenvalue weighted by atomic mass is 32.1. The monoisotopic (exact) mass is 735 g/mol. The summed E-state index contributed by atoms with van der Waals surface area (Å²) in [5, 5.41) is 3.17. The Bertz CT molecular complexity index is 3190. The molecule has 56 heavy (non-hydrogen) atoms. The van der Waals surface area contributed by atoms with Crippen molar-refractivity contribution in [1.29, 1.82) is 0 Å². The van der Waals surface area contributed by atoms with Crippen LogP contribution < -0.4 is 0 Å². The normalized spacial score (nSPS) is 11.6. The second kappa shape index (κ2) is 13.2. The van der Waals surface area contributed by atoms with E-state index < -0.39 is 0 Å². The molecule has 0 aliphatic carbocycles. The number of thiophene rings is 1. The summed E-state index contributed by atoms with van der Waals surface area (Å²) in [6.07, 6.45) is 0. The number of fused-ring (bicyclic) bond motifs is 6. The first kappa shape index (κ1) is 32.1. The predicted molar refractivity (Wildman–Crippen MR) is 228 cm³/mol. The molecule has 262 valence electrons. The third-order valence-electron chi connectivity index (χ3n) is 10.1. The van der Waals surface area contributed by atoms with Crippen LogP contribution in [0.5, 0.6) is 0 Å². The molecule has 11 aromatic rings. The Labute approximate surface area is 325 Å². The lowest BCUT2D eigenvalue weighted by Crippen LogP contribution is -2.00. The van der Waals surface area contributed by atoms with Gasteiger partial charge in [0.25, 0.3) is 0 Å². The molecule has 0 aliphatic heterocycles. The molecule has 0 bridgehead atoms. The van der Waals surface area contributed by atoms with Crippen LogP contribution in [0.3, 0.4) is 0 Å². The zero-order valence-electron chi connectivity index (χ0n) is 29.8. The van der Waals surface area contributed by atoms with Crippen LogP contribution in [0.25, 0.3) is 110 Å². The molecule has 11 rings (SSSR count). The van der Waals surface area contributed by atoms with Gasteiger partial charge >= 0.3 is 0 Å². The Balaban J connectivity index is 0.990. The number of benzene rings is 7. The van der Waals surface area contributed by atoms with Gasteiger partial charge in [0, 0.05) is 48.7 Å². The molecule has 4 aromatic heterocycles. The number of hydrogen-bond acceptors (Lipinski definition) is 7. The van der Waals surface area contributed by atoms with Crippen LogP contribution in [0, 0.1) is 0 Å². The van der Waals surface area contributed by atoms with Crippen molar-refractivity contribution in [3.8, 4) is 67.9 Å². The number of aromatic nitrogens is 5. The quantitative estimate of drug-likeness (QED) is 0.169. The van der Waals surface area contributed by atoms with Gasteiger partial charge in [-0.15, -0.1) is 11.3 Å². The fourth-order valence-corrected chi connectivity index (χ4v) is 8.54. The van der Waals surface area contributed by atoms with Crippen molar-refractivity contribution in [2.24, 2.45) is 0 Å². The molecular formula is C49H29N5OS. The standard InChI is InChI=1S/C49H29N5OS/c1-4-13-30(14-5-1)43-45-44(38-21-10-11-22-42(38)56-45)51-48(50-43)35-20-12-19-33(27-35)34-23-25-37-39-28-36(24-26-40(39)55-41(37)29-34)49-53-46(31-15-6-2-7-16-31)52-47(54-49)32-17-8-3-9-18-32/h1-29H. The largest absolute Gasteiger partial charge is 0.456 e. The van der Waals surface area contributed by atoms with Crippen LogP contribution in [0.1, 0.15) is 0 Å². The summed E-state index contributed by atoms with van der Waals surface area (Å²) in [7, 11) is 0. The van der Waals surface area contributed by atoms with Gasteiger partial charge in [0.2, 0.25) is 0 Å². The van der Waals surface area contributed by atoms with E-state index in [2.05, 4.69) is 97.1 Å². The van der Waals surface area contributed by atoms with E-state index in [4.69, 9.17) is 29.3 Å². The highest BCUT2D eigenvalue weighted by molar-refractivity contribution is 7.26. The molecule has 0 radical (unpaired) electrons. The maximum atomic E-state index is 6.47. The summed E-state index contributed by atoms with van der Waals surface area (Å²) in [5.74, 6) is 2.56. The second-order valence-electron chi connectivity index (χ2n) is 13.7. The number of nitrogens with zero attached hydrogens (tertiary/aromatic N) is 5. The van der Waals surface area contributed by atoms with E-state index in [1.807, 2.05) is 78.9 Å². The van der Waals surface area contributed by atoms with Gasteiger partial charge in [0.1, 0.15) is 11.2 Å². The van der Waals surface area contributed by atoms with Gasteiger partial charge in [-0.05, 0) is 53.6 Å². The van der Waals surface area contributed by atoms with Crippen LogP contribution >= 0.6 is 11.3 Å². The maximum absolute atomic E-state index is 6.47. The summed E-state index contributed by atoms with van der Waals surface area (Å²) < 4.78 is 8.77. The molecule has 0 N–H and O–H groups in total. The van der Waals surface area contributed by atoms with Crippen molar-refractivity contribution in [2.75, 3.05) is 0 Å². The molecule has 0 saturated heterocycles. The van der Waals surface area contributed by atoms with Crippen molar-refractivity contribution in [3.63, 3.8) is 0 Å². The zero-order valence-corrected chi connectivity index (χ0v) is 30.6. The zero-order chi connectivity index (χ0) is 37.0. The topological polar surface area (TPSA) is 77.6 Å². The lowest BCUT2D eigenvalue weighted by Gasteiger charge is -2.09. The number of furan rings is 1. The Hall–Kier alpha value is -7.35. The Morgan fingerprint density at radius 2 is 0.893 bits per heavy atom. The smallest absolute Gasteiger partial charge is 0.164 e. The highest BCUT2D eigenvalue weighted by Crippen LogP contribution is 2.40. The molecule has 0 saturated carbocycles. The van der Waals surface area contributed by atoms with E-state index in [0.29, 0.717) is 23.3 Å². The Morgan fingerprint density at radius 1 is 0.339 bits per heavy atom. The first-order chi connectivity index (χ1) is 27.7. The van der Waals surface area contributed by atoms with Gasteiger partial charge in [0.15, 0.2) is 23.3 Å². The molecule has 0 aliphatic rings. The van der Waals surface area contributed by atoms with Gasteiger partial charge in [-0.2, -0.15) is 0 Å². The van der Waals surface area contributed by atoms with E-state index in [0.717, 1.165) is 82.2 Å². The summed E-state index contributed by atoms with van der Waals surface area (Å²) in [6.45, 7) is 0. The molecule has 4 heterocycles. The maximum Gasteiger partial charge on any atom is 0.164 e. The SMILES string of the molecule is c1ccc(-c2nc(-c3ccccc3)nc(-c3ccc4oc5cc(-c6cccc(-c7nc(-c8ccccc8)c8sc9ccccc9c8n7)c6)ccc5c4c3)n2)cc1. The molecule has 0 atom stereocenters. The van der Waals surface area contributed by atoms with Crippen LogP contribution in [-0.2, 0) is 0 Å². The van der Waals surface area contributed by atoms with Crippen LogP contribution in [0.15, 0.2) is 180 Å².